The lowest BCUT2D eigenvalue weighted by molar-refractivity contribution is 0.386. The molecule has 1 unspecified atom stereocenters. The fourth-order valence-electron chi connectivity index (χ4n) is 1.61. The Hall–Kier alpha value is -1.69. The standard InChI is InChI=1S/C10H12N4O2/c1-5-4-7(13-15-5)10-12-9(14-16-10)8(11)6-2-3-6/h4,6,8H,2-3,11H2,1H3. The van der Waals surface area contributed by atoms with Crippen LogP contribution >= 0.6 is 0 Å². The Morgan fingerprint density at radius 1 is 1.38 bits per heavy atom. The molecule has 1 atom stereocenters. The van der Waals surface area contributed by atoms with Gasteiger partial charge < -0.3 is 14.8 Å². The van der Waals surface area contributed by atoms with Gasteiger partial charge in [-0.1, -0.05) is 10.3 Å². The van der Waals surface area contributed by atoms with Crippen LogP contribution in [0.2, 0.25) is 0 Å². The van der Waals surface area contributed by atoms with E-state index in [-0.39, 0.29) is 6.04 Å². The van der Waals surface area contributed by atoms with Crippen molar-refractivity contribution < 1.29 is 9.05 Å². The average molecular weight is 220 g/mol. The van der Waals surface area contributed by atoms with E-state index in [1.54, 1.807) is 6.07 Å². The van der Waals surface area contributed by atoms with Crippen molar-refractivity contribution in [1.82, 2.24) is 15.3 Å². The number of aryl methyl sites for hydroxylation is 1. The molecule has 0 amide bonds. The third-order valence-corrected chi connectivity index (χ3v) is 2.72. The van der Waals surface area contributed by atoms with Crippen molar-refractivity contribution in [2.75, 3.05) is 0 Å². The molecule has 1 aliphatic rings. The quantitative estimate of drug-likeness (QED) is 0.841. The molecule has 1 saturated carbocycles. The summed E-state index contributed by atoms with van der Waals surface area (Å²) in [5.74, 6) is 2.13. The van der Waals surface area contributed by atoms with Crippen molar-refractivity contribution in [1.29, 1.82) is 0 Å². The van der Waals surface area contributed by atoms with Crippen molar-refractivity contribution in [3.63, 3.8) is 0 Å². The maximum absolute atomic E-state index is 5.97. The molecule has 2 aromatic rings. The van der Waals surface area contributed by atoms with Crippen molar-refractivity contribution in [2.24, 2.45) is 11.7 Å². The second-order valence-corrected chi connectivity index (χ2v) is 4.14. The van der Waals surface area contributed by atoms with E-state index in [4.69, 9.17) is 14.8 Å². The van der Waals surface area contributed by atoms with Crippen LogP contribution in [0.5, 0.6) is 0 Å². The number of hydrogen-bond donors (Lipinski definition) is 1. The molecule has 0 spiro atoms. The van der Waals surface area contributed by atoms with Crippen LogP contribution in [-0.4, -0.2) is 15.3 Å². The first-order valence-electron chi connectivity index (χ1n) is 5.27. The van der Waals surface area contributed by atoms with Crippen molar-refractivity contribution in [3.8, 4) is 11.6 Å². The van der Waals surface area contributed by atoms with Gasteiger partial charge in [0.15, 0.2) is 11.5 Å². The van der Waals surface area contributed by atoms with Crippen molar-refractivity contribution in [2.45, 2.75) is 25.8 Å². The van der Waals surface area contributed by atoms with Gasteiger partial charge in [-0.3, -0.25) is 0 Å². The molecule has 2 N–H and O–H groups in total. The molecule has 0 aromatic carbocycles. The van der Waals surface area contributed by atoms with Gasteiger partial charge in [0.1, 0.15) is 5.76 Å². The largest absolute Gasteiger partial charge is 0.361 e. The van der Waals surface area contributed by atoms with Crippen LogP contribution in [0.3, 0.4) is 0 Å². The molecule has 1 aliphatic carbocycles. The van der Waals surface area contributed by atoms with Gasteiger partial charge in [0.05, 0.1) is 6.04 Å². The first kappa shape index (κ1) is 9.53. The summed E-state index contributed by atoms with van der Waals surface area (Å²) in [6.45, 7) is 1.81. The number of rotatable bonds is 3. The lowest BCUT2D eigenvalue weighted by Crippen LogP contribution is -2.13. The summed E-state index contributed by atoms with van der Waals surface area (Å²) in [5.41, 5.74) is 6.52. The Bertz CT molecular complexity index is 500. The molecule has 0 bridgehead atoms. The molecule has 2 heterocycles. The van der Waals surface area contributed by atoms with Gasteiger partial charge in [-0.15, -0.1) is 0 Å². The Balaban J connectivity index is 1.86. The Morgan fingerprint density at radius 2 is 2.19 bits per heavy atom. The van der Waals surface area contributed by atoms with E-state index >= 15 is 0 Å². The van der Waals surface area contributed by atoms with E-state index in [1.807, 2.05) is 6.92 Å². The second kappa shape index (κ2) is 3.41. The fourth-order valence-corrected chi connectivity index (χ4v) is 1.61. The molecule has 0 saturated heterocycles. The van der Waals surface area contributed by atoms with Crippen LogP contribution < -0.4 is 5.73 Å². The molecule has 2 aromatic heterocycles. The number of nitrogens with zero attached hydrogens (tertiary/aromatic N) is 3. The number of hydrogen-bond acceptors (Lipinski definition) is 6. The third kappa shape index (κ3) is 1.61. The predicted octanol–water partition coefficient (Wildman–Crippen LogP) is 1.44. The molecule has 3 rings (SSSR count). The Labute approximate surface area is 91.8 Å². The Kier molecular flexibility index (Phi) is 2.03. The summed E-state index contributed by atoms with van der Waals surface area (Å²) in [5, 5.41) is 7.68. The summed E-state index contributed by atoms with van der Waals surface area (Å²) in [4.78, 5) is 4.23. The summed E-state index contributed by atoms with van der Waals surface area (Å²) in [6, 6.07) is 1.63. The molecule has 6 heteroatoms. The first-order valence-corrected chi connectivity index (χ1v) is 5.27. The zero-order valence-electron chi connectivity index (χ0n) is 8.88. The van der Waals surface area contributed by atoms with Crippen LogP contribution in [0.1, 0.15) is 30.5 Å². The minimum absolute atomic E-state index is 0.120. The molecule has 16 heavy (non-hydrogen) atoms. The monoisotopic (exact) mass is 220 g/mol. The maximum Gasteiger partial charge on any atom is 0.280 e. The zero-order valence-corrected chi connectivity index (χ0v) is 8.88. The number of aromatic nitrogens is 3. The molecule has 0 aliphatic heterocycles. The highest BCUT2D eigenvalue weighted by Crippen LogP contribution is 2.38. The summed E-state index contributed by atoms with van der Waals surface area (Å²) < 4.78 is 10.0. The van der Waals surface area contributed by atoms with E-state index < -0.39 is 0 Å². The van der Waals surface area contributed by atoms with Gasteiger partial charge in [-0.25, -0.2) is 0 Å². The SMILES string of the molecule is Cc1cc(-c2nc(C(N)C3CC3)no2)no1. The van der Waals surface area contributed by atoms with E-state index in [0.717, 1.165) is 12.8 Å². The Morgan fingerprint density at radius 3 is 2.81 bits per heavy atom. The minimum Gasteiger partial charge on any atom is -0.361 e. The van der Waals surface area contributed by atoms with Gasteiger partial charge in [0.2, 0.25) is 0 Å². The highest BCUT2D eigenvalue weighted by Gasteiger charge is 2.32. The molecule has 6 nitrogen and oxygen atoms in total. The van der Waals surface area contributed by atoms with E-state index in [9.17, 15) is 0 Å². The predicted molar refractivity (Wildman–Crippen MR) is 54.2 cm³/mol. The third-order valence-electron chi connectivity index (χ3n) is 2.72. The van der Waals surface area contributed by atoms with Crippen molar-refractivity contribution >= 4 is 0 Å². The van der Waals surface area contributed by atoms with Gasteiger partial charge >= 0.3 is 0 Å². The summed E-state index contributed by atoms with van der Waals surface area (Å²) in [6.07, 6.45) is 2.29. The lowest BCUT2D eigenvalue weighted by atomic mass is 10.2. The van der Waals surface area contributed by atoms with Gasteiger partial charge in [0, 0.05) is 6.07 Å². The van der Waals surface area contributed by atoms with Crippen molar-refractivity contribution in [3.05, 3.63) is 17.7 Å². The van der Waals surface area contributed by atoms with Gasteiger partial charge in [0.25, 0.3) is 5.89 Å². The smallest absolute Gasteiger partial charge is 0.280 e. The summed E-state index contributed by atoms with van der Waals surface area (Å²) >= 11 is 0. The molecule has 1 fully saturated rings. The van der Waals surface area contributed by atoms with Gasteiger partial charge in [-0.05, 0) is 25.7 Å². The van der Waals surface area contributed by atoms with E-state index in [0.29, 0.717) is 29.1 Å². The van der Waals surface area contributed by atoms with Crippen LogP contribution in [0.4, 0.5) is 0 Å². The zero-order chi connectivity index (χ0) is 11.1. The minimum atomic E-state index is -0.120. The highest BCUT2D eigenvalue weighted by molar-refractivity contribution is 5.45. The van der Waals surface area contributed by atoms with Crippen LogP contribution in [0.25, 0.3) is 11.6 Å². The lowest BCUT2D eigenvalue weighted by Gasteiger charge is -2.01. The number of nitrogens with two attached hydrogens (primary N) is 1. The second-order valence-electron chi connectivity index (χ2n) is 4.14. The average Bonchev–Trinajstić information content (AvgIpc) is 2.84. The molecule has 84 valence electrons. The molecular weight excluding hydrogens is 208 g/mol. The highest BCUT2D eigenvalue weighted by atomic mass is 16.5. The van der Waals surface area contributed by atoms with Crippen LogP contribution in [0, 0.1) is 12.8 Å². The van der Waals surface area contributed by atoms with Gasteiger partial charge in [-0.2, -0.15) is 4.98 Å². The normalized spacial score (nSPS) is 17.6. The van der Waals surface area contributed by atoms with E-state index in [1.165, 1.54) is 0 Å². The maximum atomic E-state index is 5.97. The molecule has 0 radical (unpaired) electrons. The van der Waals surface area contributed by atoms with E-state index in [2.05, 4.69) is 15.3 Å². The topological polar surface area (TPSA) is 91.0 Å². The fraction of sp³-hybridized carbons (Fsp3) is 0.500. The summed E-state index contributed by atoms with van der Waals surface area (Å²) in [7, 11) is 0. The van der Waals surface area contributed by atoms with Crippen LogP contribution in [-0.2, 0) is 0 Å². The molecular formula is C10H12N4O2. The van der Waals surface area contributed by atoms with Crippen LogP contribution in [0.15, 0.2) is 15.1 Å². The first-order chi connectivity index (χ1) is 7.74.